The van der Waals surface area contributed by atoms with Crippen LogP contribution in [0.2, 0.25) is 0 Å². The van der Waals surface area contributed by atoms with Crippen molar-refractivity contribution in [2.75, 3.05) is 27.2 Å². The Morgan fingerprint density at radius 3 is 2.53 bits per heavy atom. The molecule has 0 unspecified atom stereocenters. The third-order valence-corrected chi connectivity index (χ3v) is 2.65. The molecule has 17 heavy (non-hydrogen) atoms. The predicted octanol–water partition coefficient (Wildman–Crippen LogP) is 0.885. The average molecular weight is 243 g/mol. The van der Waals surface area contributed by atoms with Crippen molar-refractivity contribution in [3.8, 4) is 0 Å². The van der Waals surface area contributed by atoms with Crippen molar-refractivity contribution in [3.05, 3.63) is 0 Å². The summed E-state index contributed by atoms with van der Waals surface area (Å²) in [5, 5.41) is 0. The van der Waals surface area contributed by atoms with Crippen LogP contribution in [-0.4, -0.2) is 60.8 Å². The van der Waals surface area contributed by atoms with Gasteiger partial charge in [-0.3, -0.25) is 0 Å². The summed E-state index contributed by atoms with van der Waals surface area (Å²) in [7, 11) is 3.99. The second kappa shape index (κ2) is 5.23. The second-order valence-corrected chi connectivity index (χ2v) is 6.04. The zero-order valence-electron chi connectivity index (χ0n) is 11.6. The Balaban J connectivity index is 2.63. The molecule has 0 saturated carbocycles. The number of carbonyl (C=O) groups is 1. The molecular formula is C12H25N3O2. The molecular weight excluding hydrogens is 218 g/mol. The first-order chi connectivity index (χ1) is 7.69. The standard InChI is InChI=1S/C12H25N3O2/c1-12(2,3)17-11(16)15-7-9(13)6-10(15)8-14(4)5/h9-10H,6-8,13H2,1-5H3/t9-,10+/m1/s1. The van der Waals surface area contributed by atoms with E-state index in [4.69, 9.17) is 10.5 Å². The zero-order chi connectivity index (χ0) is 13.2. The molecule has 0 radical (unpaired) electrons. The first kappa shape index (κ1) is 14.3. The Bertz CT molecular complexity index is 273. The highest BCUT2D eigenvalue weighted by molar-refractivity contribution is 5.69. The zero-order valence-corrected chi connectivity index (χ0v) is 11.6. The van der Waals surface area contributed by atoms with E-state index in [1.165, 1.54) is 0 Å². The molecule has 5 nitrogen and oxygen atoms in total. The van der Waals surface area contributed by atoms with Gasteiger partial charge in [-0.05, 0) is 41.3 Å². The van der Waals surface area contributed by atoms with Crippen LogP contribution in [0.3, 0.4) is 0 Å². The van der Waals surface area contributed by atoms with Gasteiger partial charge < -0.3 is 20.3 Å². The van der Waals surface area contributed by atoms with Crippen LogP contribution in [0.4, 0.5) is 4.79 Å². The number of carbonyl (C=O) groups excluding carboxylic acids is 1. The van der Waals surface area contributed by atoms with E-state index in [0.717, 1.165) is 13.0 Å². The largest absolute Gasteiger partial charge is 0.444 e. The van der Waals surface area contributed by atoms with Gasteiger partial charge >= 0.3 is 6.09 Å². The van der Waals surface area contributed by atoms with E-state index in [-0.39, 0.29) is 18.2 Å². The summed E-state index contributed by atoms with van der Waals surface area (Å²) in [5.41, 5.74) is 5.47. The molecule has 1 fully saturated rings. The number of hydrogen-bond donors (Lipinski definition) is 1. The predicted molar refractivity (Wildman–Crippen MR) is 67.9 cm³/mol. The van der Waals surface area contributed by atoms with Crippen LogP contribution in [0, 0.1) is 0 Å². The summed E-state index contributed by atoms with van der Waals surface area (Å²) in [5.74, 6) is 0. The van der Waals surface area contributed by atoms with Gasteiger partial charge in [0.05, 0.1) is 0 Å². The van der Waals surface area contributed by atoms with E-state index in [1.807, 2.05) is 34.9 Å². The van der Waals surface area contributed by atoms with E-state index in [0.29, 0.717) is 6.54 Å². The smallest absolute Gasteiger partial charge is 0.410 e. The number of hydrogen-bond acceptors (Lipinski definition) is 4. The lowest BCUT2D eigenvalue weighted by molar-refractivity contribution is 0.0207. The van der Waals surface area contributed by atoms with Gasteiger partial charge in [-0.15, -0.1) is 0 Å². The maximum atomic E-state index is 12.0. The number of likely N-dealkylation sites (N-methyl/N-ethyl adjacent to an activating group) is 1. The summed E-state index contributed by atoms with van der Waals surface area (Å²) in [6.07, 6.45) is 0.592. The Morgan fingerprint density at radius 1 is 1.47 bits per heavy atom. The normalized spacial score (nSPS) is 25.5. The quantitative estimate of drug-likeness (QED) is 0.782. The molecule has 1 rings (SSSR count). The maximum Gasteiger partial charge on any atom is 0.410 e. The number of likely N-dealkylation sites (tertiary alicyclic amines) is 1. The third kappa shape index (κ3) is 4.52. The number of nitrogens with zero attached hydrogens (tertiary/aromatic N) is 2. The van der Waals surface area contributed by atoms with Gasteiger partial charge in [0.15, 0.2) is 0 Å². The van der Waals surface area contributed by atoms with E-state index in [9.17, 15) is 4.79 Å². The molecule has 1 aliphatic heterocycles. The van der Waals surface area contributed by atoms with Crippen molar-refractivity contribution in [1.82, 2.24) is 9.80 Å². The minimum Gasteiger partial charge on any atom is -0.444 e. The number of nitrogens with two attached hydrogens (primary N) is 1. The van der Waals surface area contributed by atoms with Gasteiger partial charge in [-0.25, -0.2) is 4.79 Å². The van der Waals surface area contributed by atoms with Gasteiger partial charge in [0.2, 0.25) is 0 Å². The first-order valence-corrected chi connectivity index (χ1v) is 6.09. The fourth-order valence-electron chi connectivity index (χ4n) is 2.09. The van der Waals surface area contributed by atoms with Crippen LogP contribution in [-0.2, 0) is 4.74 Å². The van der Waals surface area contributed by atoms with Gasteiger partial charge in [0.25, 0.3) is 0 Å². The van der Waals surface area contributed by atoms with E-state index in [2.05, 4.69) is 4.90 Å². The van der Waals surface area contributed by atoms with Crippen molar-refractivity contribution in [3.63, 3.8) is 0 Å². The fourth-order valence-corrected chi connectivity index (χ4v) is 2.09. The molecule has 100 valence electrons. The molecule has 0 aromatic carbocycles. The van der Waals surface area contributed by atoms with Crippen molar-refractivity contribution in [2.24, 2.45) is 5.73 Å². The molecule has 0 aliphatic carbocycles. The summed E-state index contributed by atoms with van der Waals surface area (Å²) in [4.78, 5) is 15.9. The average Bonchev–Trinajstić information content (AvgIpc) is 2.42. The molecule has 1 aliphatic rings. The molecule has 5 heteroatoms. The van der Waals surface area contributed by atoms with Crippen molar-refractivity contribution in [1.29, 1.82) is 0 Å². The summed E-state index contributed by atoms with van der Waals surface area (Å²) < 4.78 is 5.39. The van der Waals surface area contributed by atoms with Crippen LogP contribution >= 0.6 is 0 Å². The van der Waals surface area contributed by atoms with Crippen LogP contribution < -0.4 is 5.73 Å². The minimum atomic E-state index is -0.452. The van der Waals surface area contributed by atoms with E-state index >= 15 is 0 Å². The van der Waals surface area contributed by atoms with Crippen LogP contribution in [0.25, 0.3) is 0 Å². The van der Waals surface area contributed by atoms with Gasteiger partial charge in [0.1, 0.15) is 5.60 Å². The maximum absolute atomic E-state index is 12.0. The third-order valence-electron chi connectivity index (χ3n) is 2.65. The molecule has 0 bridgehead atoms. The Hall–Kier alpha value is -0.810. The highest BCUT2D eigenvalue weighted by Crippen LogP contribution is 2.20. The lowest BCUT2D eigenvalue weighted by Crippen LogP contribution is -2.44. The molecule has 1 amide bonds. The van der Waals surface area contributed by atoms with Gasteiger partial charge in [-0.2, -0.15) is 0 Å². The Labute approximate surface area is 104 Å². The summed E-state index contributed by atoms with van der Waals surface area (Å²) in [6.45, 7) is 7.05. The molecule has 1 saturated heterocycles. The summed E-state index contributed by atoms with van der Waals surface area (Å²) in [6, 6.07) is 0.224. The molecule has 2 N–H and O–H groups in total. The lowest BCUT2D eigenvalue weighted by Gasteiger charge is -2.29. The monoisotopic (exact) mass is 243 g/mol. The summed E-state index contributed by atoms with van der Waals surface area (Å²) >= 11 is 0. The highest BCUT2D eigenvalue weighted by Gasteiger charge is 2.36. The van der Waals surface area contributed by atoms with E-state index in [1.54, 1.807) is 4.90 Å². The van der Waals surface area contributed by atoms with Gasteiger partial charge in [-0.1, -0.05) is 0 Å². The van der Waals surface area contributed by atoms with Crippen LogP contribution in [0.5, 0.6) is 0 Å². The van der Waals surface area contributed by atoms with Crippen molar-refractivity contribution in [2.45, 2.75) is 44.9 Å². The number of amides is 1. The molecule has 0 aromatic rings. The first-order valence-electron chi connectivity index (χ1n) is 6.09. The Kier molecular flexibility index (Phi) is 4.38. The van der Waals surface area contributed by atoms with Crippen molar-refractivity contribution >= 4 is 6.09 Å². The fraction of sp³-hybridized carbons (Fsp3) is 0.917. The van der Waals surface area contributed by atoms with Gasteiger partial charge in [0, 0.05) is 25.2 Å². The molecule has 0 aromatic heterocycles. The molecule has 2 atom stereocenters. The molecule has 1 heterocycles. The molecule has 0 spiro atoms. The van der Waals surface area contributed by atoms with Crippen LogP contribution in [0.1, 0.15) is 27.2 Å². The van der Waals surface area contributed by atoms with Crippen LogP contribution in [0.15, 0.2) is 0 Å². The van der Waals surface area contributed by atoms with Crippen molar-refractivity contribution < 1.29 is 9.53 Å². The Morgan fingerprint density at radius 2 is 2.06 bits per heavy atom. The minimum absolute atomic E-state index is 0.0625. The highest BCUT2D eigenvalue weighted by atomic mass is 16.6. The lowest BCUT2D eigenvalue weighted by atomic mass is 10.2. The number of rotatable bonds is 2. The second-order valence-electron chi connectivity index (χ2n) is 6.04. The van der Waals surface area contributed by atoms with E-state index < -0.39 is 5.60 Å². The topological polar surface area (TPSA) is 58.8 Å². The number of ether oxygens (including phenoxy) is 1. The SMILES string of the molecule is CN(C)C[C@@H]1C[C@@H](N)CN1C(=O)OC(C)(C)C.